The molecule has 24 heavy (non-hydrogen) atoms. The Morgan fingerprint density at radius 1 is 1.00 bits per heavy atom. The molecule has 2 aromatic carbocycles. The van der Waals surface area contributed by atoms with Gasteiger partial charge in [0, 0.05) is 11.4 Å². The lowest BCUT2D eigenvalue weighted by Gasteiger charge is -2.09. The van der Waals surface area contributed by atoms with Crippen LogP contribution in [0.5, 0.6) is 5.75 Å². The van der Waals surface area contributed by atoms with E-state index in [1.54, 1.807) is 24.3 Å². The summed E-state index contributed by atoms with van der Waals surface area (Å²) in [5.74, 6) is 0.341. The van der Waals surface area contributed by atoms with Crippen molar-refractivity contribution in [1.82, 2.24) is 0 Å². The van der Waals surface area contributed by atoms with E-state index in [0.717, 1.165) is 12.7 Å². The van der Waals surface area contributed by atoms with Gasteiger partial charge in [0.25, 0.3) is 5.91 Å². The maximum absolute atomic E-state index is 11.9. The Hall–Kier alpha value is -2.54. The van der Waals surface area contributed by atoms with Crippen LogP contribution >= 0.6 is 0 Å². The number of hydrogen-bond acceptors (Lipinski definition) is 4. The van der Waals surface area contributed by atoms with E-state index in [2.05, 4.69) is 17.0 Å². The van der Waals surface area contributed by atoms with Gasteiger partial charge in [0.2, 0.25) is 10.0 Å². The van der Waals surface area contributed by atoms with Crippen molar-refractivity contribution in [3.05, 3.63) is 54.1 Å². The predicted molar refractivity (Wildman–Crippen MR) is 94.9 cm³/mol. The summed E-state index contributed by atoms with van der Waals surface area (Å²) < 4.78 is 30.0. The molecule has 0 bridgehead atoms. The second-order valence-corrected chi connectivity index (χ2v) is 7.03. The molecule has 6 nitrogen and oxygen atoms in total. The molecule has 0 aromatic heterocycles. The fraction of sp³-hybridized carbons (Fsp3) is 0.235. The lowest BCUT2D eigenvalue weighted by Crippen LogP contribution is -2.20. The summed E-state index contributed by atoms with van der Waals surface area (Å²) in [5.41, 5.74) is 2.20. The van der Waals surface area contributed by atoms with Crippen LogP contribution in [0.25, 0.3) is 0 Å². The number of sulfonamides is 1. The fourth-order valence-corrected chi connectivity index (χ4v) is 2.57. The number of benzene rings is 2. The van der Waals surface area contributed by atoms with Crippen molar-refractivity contribution in [3.63, 3.8) is 0 Å². The van der Waals surface area contributed by atoms with Crippen LogP contribution in [0.15, 0.2) is 48.5 Å². The molecule has 0 spiro atoms. The van der Waals surface area contributed by atoms with Gasteiger partial charge < -0.3 is 10.1 Å². The molecular formula is C17H20N2O4S. The van der Waals surface area contributed by atoms with E-state index >= 15 is 0 Å². The zero-order valence-electron chi connectivity index (χ0n) is 13.6. The van der Waals surface area contributed by atoms with Gasteiger partial charge in [0.15, 0.2) is 6.61 Å². The van der Waals surface area contributed by atoms with Gasteiger partial charge in [0.1, 0.15) is 5.75 Å². The summed E-state index contributed by atoms with van der Waals surface area (Å²) in [4.78, 5) is 11.9. The van der Waals surface area contributed by atoms with E-state index < -0.39 is 10.0 Å². The Morgan fingerprint density at radius 3 is 2.12 bits per heavy atom. The Labute approximate surface area is 141 Å². The predicted octanol–water partition coefficient (Wildman–Crippen LogP) is 2.64. The minimum Gasteiger partial charge on any atom is -0.484 e. The van der Waals surface area contributed by atoms with Gasteiger partial charge in [-0.05, 0) is 48.4 Å². The molecule has 0 radical (unpaired) electrons. The van der Waals surface area contributed by atoms with Gasteiger partial charge in [-0.15, -0.1) is 0 Å². The summed E-state index contributed by atoms with van der Waals surface area (Å²) in [5, 5.41) is 2.68. The third-order valence-electron chi connectivity index (χ3n) is 3.17. The highest BCUT2D eigenvalue weighted by molar-refractivity contribution is 7.92. The molecule has 128 valence electrons. The van der Waals surface area contributed by atoms with Crippen LogP contribution in [-0.4, -0.2) is 27.2 Å². The molecule has 0 unspecified atom stereocenters. The van der Waals surface area contributed by atoms with Crippen molar-refractivity contribution in [2.45, 2.75) is 13.3 Å². The van der Waals surface area contributed by atoms with E-state index in [-0.39, 0.29) is 12.5 Å². The van der Waals surface area contributed by atoms with Crippen LogP contribution in [0.1, 0.15) is 12.5 Å². The van der Waals surface area contributed by atoms with Gasteiger partial charge in [0.05, 0.1) is 6.26 Å². The summed E-state index contributed by atoms with van der Waals surface area (Å²) in [7, 11) is -3.31. The molecule has 2 aromatic rings. The third-order valence-corrected chi connectivity index (χ3v) is 3.78. The molecule has 2 rings (SSSR count). The number of anilines is 2. The van der Waals surface area contributed by atoms with Crippen LogP contribution in [0, 0.1) is 0 Å². The average molecular weight is 348 g/mol. The SMILES string of the molecule is CCc1ccc(OCC(=O)Nc2ccc(NS(C)(=O)=O)cc2)cc1. The van der Waals surface area contributed by atoms with Crippen LogP contribution in [0.3, 0.4) is 0 Å². The molecule has 7 heteroatoms. The van der Waals surface area contributed by atoms with Gasteiger partial charge in [-0.2, -0.15) is 0 Å². The molecule has 1 amide bonds. The second-order valence-electron chi connectivity index (χ2n) is 5.29. The Bertz CT molecular complexity index is 784. The standard InChI is InChI=1S/C17H20N2O4S/c1-3-13-4-10-16(11-5-13)23-12-17(20)18-14-6-8-15(9-7-14)19-24(2,21)22/h4-11,19H,3,12H2,1-2H3,(H,18,20). The van der Waals surface area contributed by atoms with Gasteiger partial charge in [-0.3, -0.25) is 9.52 Å². The van der Waals surface area contributed by atoms with Crippen molar-refractivity contribution in [3.8, 4) is 5.75 Å². The smallest absolute Gasteiger partial charge is 0.262 e. The molecular weight excluding hydrogens is 328 g/mol. The molecule has 0 aliphatic heterocycles. The van der Waals surface area contributed by atoms with E-state index in [1.807, 2.05) is 24.3 Å². The highest BCUT2D eigenvalue weighted by Gasteiger charge is 2.05. The van der Waals surface area contributed by atoms with Gasteiger partial charge >= 0.3 is 0 Å². The first-order valence-corrected chi connectivity index (χ1v) is 9.34. The van der Waals surface area contributed by atoms with Gasteiger partial charge in [-0.1, -0.05) is 19.1 Å². The minimum absolute atomic E-state index is 0.102. The Balaban J connectivity index is 1.85. The van der Waals surface area contributed by atoms with Crippen molar-refractivity contribution >= 4 is 27.3 Å². The molecule has 0 saturated carbocycles. The van der Waals surface area contributed by atoms with Gasteiger partial charge in [-0.25, -0.2) is 8.42 Å². The highest BCUT2D eigenvalue weighted by atomic mass is 32.2. The molecule has 0 fully saturated rings. The maximum atomic E-state index is 11.9. The number of aryl methyl sites for hydroxylation is 1. The lowest BCUT2D eigenvalue weighted by atomic mass is 10.2. The molecule has 2 N–H and O–H groups in total. The summed E-state index contributed by atoms with van der Waals surface area (Å²) >= 11 is 0. The summed E-state index contributed by atoms with van der Waals surface area (Å²) in [6.45, 7) is 1.97. The van der Waals surface area contributed by atoms with Crippen LogP contribution in [0.2, 0.25) is 0 Å². The van der Waals surface area contributed by atoms with Crippen LogP contribution < -0.4 is 14.8 Å². The normalized spacial score (nSPS) is 10.9. The Kier molecular flexibility index (Phi) is 5.81. The van der Waals surface area contributed by atoms with Crippen molar-refractivity contribution in [1.29, 1.82) is 0 Å². The number of ether oxygens (including phenoxy) is 1. The fourth-order valence-electron chi connectivity index (χ4n) is 2.00. The molecule has 0 atom stereocenters. The first-order valence-electron chi connectivity index (χ1n) is 7.45. The van der Waals surface area contributed by atoms with Crippen molar-refractivity contribution < 1.29 is 17.9 Å². The quantitative estimate of drug-likeness (QED) is 0.805. The number of nitrogens with one attached hydrogen (secondary N) is 2. The first kappa shape index (κ1) is 17.8. The van der Waals surface area contributed by atoms with Crippen molar-refractivity contribution in [2.24, 2.45) is 0 Å². The molecule has 0 aliphatic carbocycles. The van der Waals surface area contributed by atoms with E-state index in [1.165, 1.54) is 5.56 Å². The third kappa shape index (κ3) is 5.92. The number of carbonyl (C=O) groups excluding carboxylic acids is 1. The number of amides is 1. The molecule has 0 heterocycles. The van der Waals surface area contributed by atoms with Crippen LogP contribution in [0.4, 0.5) is 11.4 Å². The number of hydrogen-bond donors (Lipinski definition) is 2. The second kappa shape index (κ2) is 7.83. The lowest BCUT2D eigenvalue weighted by molar-refractivity contribution is -0.118. The zero-order valence-corrected chi connectivity index (χ0v) is 14.4. The van der Waals surface area contributed by atoms with E-state index in [4.69, 9.17) is 4.74 Å². The summed E-state index contributed by atoms with van der Waals surface area (Å²) in [6.07, 6.45) is 2.03. The molecule has 0 aliphatic rings. The molecule has 0 saturated heterocycles. The minimum atomic E-state index is -3.31. The van der Waals surface area contributed by atoms with E-state index in [9.17, 15) is 13.2 Å². The average Bonchev–Trinajstić information content (AvgIpc) is 2.54. The number of carbonyl (C=O) groups is 1. The van der Waals surface area contributed by atoms with E-state index in [0.29, 0.717) is 17.1 Å². The number of rotatable bonds is 7. The zero-order chi connectivity index (χ0) is 17.6. The van der Waals surface area contributed by atoms with Crippen LogP contribution in [-0.2, 0) is 21.2 Å². The Morgan fingerprint density at radius 2 is 1.58 bits per heavy atom. The topological polar surface area (TPSA) is 84.5 Å². The first-order chi connectivity index (χ1) is 11.4. The monoisotopic (exact) mass is 348 g/mol. The maximum Gasteiger partial charge on any atom is 0.262 e. The van der Waals surface area contributed by atoms with Crippen molar-refractivity contribution in [2.75, 3.05) is 22.9 Å². The highest BCUT2D eigenvalue weighted by Crippen LogP contribution is 2.15. The summed E-state index contributed by atoms with van der Waals surface area (Å²) in [6, 6.07) is 13.9. The largest absolute Gasteiger partial charge is 0.484 e.